The number of rotatable bonds is 2. The second-order valence-corrected chi connectivity index (χ2v) is 5.77. The zero-order valence-electron chi connectivity index (χ0n) is 12.1. The second-order valence-electron chi connectivity index (χ2n) is 5.77. The zero-order valence-corrected chi connectivity index (χ0v) is 12.1. The van der Waals surface area contributed by atoms with Crippen molar-refractivity contribution < 1.29 is 9.31 Å². The van der Waals surface area contributed by atoms with E-state index in [0.717, 1.165) is 0 Å². The summed E-state index contributed by atoms with van der Waals surface area (Å²) in [6.07, 6.45) is 0.120. The van der Waals surface area contributed by atoms with Crippen LogP contribution in [0.3, 0.4) is 0 Å². The number of aromatic nitrogens is 1. The van der Waals surface area contributed by atoms with Crippen LogP contribution < -0.4 is 5.46 Å². The molecule has 0 bridgehead atoms. The van der Waals surface area contributed by atoms with E-state index < -0.39 is 18.3 Å². The molecule has 0 unspecified atom stereocenters. The van der Waals surface area contributed by atoms with Crippen molar-refractivity contribution in [2.45, 2.75) is 45.3 Å². The van der Waals surface area contributed by atoms with Crippen molar-refractivity contribution in [3.8, 4) is 12.1 Å². The number of nitriles is 2. The standard InChI is InChI=1S/C14H16BN3O2/c1-13(2)14(3,4)20-15(19-13)11-6-5-10(9-17)18-12(11)7-8-16/h5-6H,7H2,1-4H3. The average Bonchev–Trinajstić information content (AvgIpc) is 2.58. The van der Waals surface area contributed by atoms with Crippen LogP contribution in [0, 0.1) is 22.7 Å². The van der Waals surface area contributed by atoms with Crippen LogP contribution in [0.15, 0.2) is 12.1 Å². The molecule has 2 rings (SSSR count). The Kier molecular flexibility index (Phi) is 3.56. The molecule has 6 heteroatoms. The highest BCUT2D eigenvalue weighted by Crippen LogP contribution is 2.36. The smallest absolute Gasteiger partial charge is 0.399 e. The van der Waals surface area contributed by atoms with Gasteiger partial charge in [-0.15, -0.1) is 0 Å². The van der Waals surface area contributed by atoms with Gasteiger partial charge in [0.1, 0.15) is 11.8 Å². The molecule has 2 heterocycles. The summed E-state index contributed by atoms with van der Waals surface area (Å²) in [4.78, 5) is 4.18. The van der Waals surface area contributed by atoms with Gasteiger partial charge in [-0.3, -0.25) is 0 Å². The van der Waals surface area contributed by atoms with Crippen molar-refractivity contribution >= 4 is 12.6 Å². The molecule has 102 valence electrons. The average molecular weight is 269 g/mol. The Morgan fingerprint density at radius 3 is 2.25 bits per heavy atom. The highest BCUT2D eigenvalue weighted by Gasteiger charge is 2.52. The first-order valence-electron chi connectivity index (χ1n) is 6.43. The summed E-state index contributed by atoms with van der Waals surface area (Å²) in [7, 11) is -0.566. The minimum absolute atomic E-state index is 0.120. The Labute approximate surface area is 119 Å². The van der Waals surface area contributed by atoms with E-state index in [1.54, 1.807) is 12.1 Å². The summed E-state index contributed by atoms with van der Waals surface area (Å²) in [5.41, 5.74) is 0.634. The van der Waals surface area contributed by atoms with Gasteiger partial charge in [-0.1, -0.05) is 6.07 Å². The molecule has 5 nitrogen and oxygen atoms in total. The molecule has 0 atom stereocenters. The van der Waals surface area contributed by atoms with Gasteiger partial charge < -0.3 is 9.31 Å². The molecule has 0 N–H and O–H groups in total. The van der Waals surface area contributed by atoms with Gasteiger partial charge in [0.15, 0.2) is 0 Å². The summed E-state index contributed by atoms with van der Waals surface area (Å²) in [6, 6.07) is 7.39. The molecule has 0 spiro atoms. The fraction of sp³-hybridized carbons (Fsp3) is 0.500. The van der Waals surface area contributed by atoms with Crippen molar-refractivity contribution in [3.05, 3.63) is 23.5 Å². The van der Waals surface area contributed by atoms with Crippen molar-refractivity contribution in [3.63, 3.8) is 0 Å². The summed E-state index contributed by atoms with van der Waals surface area (Å²) >= 11 is 0. The fourth-order valence-electron chi connectivity index (χ4n) is 1.98. The van der Waals surface area contributed by atoms with E-state index in [9.17, 15) is 0 Å². The highest BCUT2D eigenvalue weighted by atomic mass is 16.7. The number of pyridine rings is 1. The molecule has 1 fully saturated rings. The van der Waals surface area contributed by atoms with E-state index in [1.807, 2.05) is 33.8 Å². The molecule has 0 amide bonds. The number of hydrogen-bond acceptors (Lipinski definition) is 5. The van der Waals surface area contributed by atoms with Gasteiger partial charge in [-0.2, -0.15) is 10.5 Å². The van der Waals surface area contributed by atoms with E-state index in [4.69, 9.17) is 19.8 Å². The van der Waals surface area contributed by atoms with Gasteiger partial charge in [-0.05, 0) is 33.8 Å². The third-order valence-corrected chi connectivity index (χ3v) is 3.88. The van der Waals surface area contributed by atoms with Gasteiger partial charge in [0.2, 0.25) is 0 Å². The molecule has 20 heavy (non-hydrogen) atoms. The summed E-state index contributed by atoms with van der Waals surface area (Å²) < 4.78 is 11.9. The molecule has 0 saturated carbocycles. The molecule has 1 aromatic heterocycles. The fourth-order valence-corrected chi connectivity index (χ4v) is 1.98. The van der Waals surface area contributed by atoms with E-state index >= 15 is 0 Å². The largest absolute Gasteiger partial charge is 0.496 e. The number of nitrogens with zero attached hydrogens (tertiary/aromatic N) is 3. The predicted molar refractivity (Wildman–Crippen MR) is 74.0 cm³/mol. The first-order valence-corrected chi connectivity index (χ1v) is 6.43. The number of hydrogen-bond donors (Lipinski definition) is 0. The van der Waals surface area contributed by atoms with Crippen LogP contribution in [0.4, 0.5) is 0 Å². The molecule has 1 aromatic rings. The Hall–Kier alpha value is -1.89. The van der Waals surface area contributed by atoms with E-state index in [2.05, 4.69) is 11.1 Å². The van der Waals surface area contributed by atoms with E-state index in [1.165, 1.54) is 0 Å². The maximum atomic E-state index is 8.90. The zero-order chi connectivity index (χ0) is 15.0. The van der Waals surface area contributed by atoms with Gasteiger partial charge in [0.05, 0.1) is 29.4 Å². The maximum absolute atomic E-state index is 8.90. The first-order chi connectivity index (χ1) is 9.30. The lowest BCUT2D eigenvalue weighted by atomic mass is 9.77. The quantitative estimate of drug-likeness (QED) is 0.756. The summed E-state index contributed by atoms with van der Waals surface area (Å²) in [5.74, 6) is 0. The van der Waals surface area contributed by atoms with Crippen molar-refractivity contribution in [2.75, 3.05) is 0 Å². The second kappa shape index (κ2) is 4.90. The summed E-state index contributed by atoms with van der Waals surface area (Å²) in [5, 5.41) is 17.8. The van der Waals surface area contributed by atoms with Crippen LogP contribution in [0.5, 0.6) is 0 Å². The Balaban J connectivity index is 2.40. The van der Waals surface area contributed by atoms with Crippen LogP contribution in [0.1, 0.15) is 39.1 Å². The molecule has 0 aromatic carbocycles. The normalized spacial score (nSPS) is 19.4. The highest BCUT2D eigenvalue weighted by molar-refractivity contribution is 6.62. The monoisotopic (exact) mass is 269 g/mol. The lowest BCUT2D eigenvalue weighted by molar-refractivity contribution is 0.00578. The molecule has 0 radical (unpaired) electrons. The van der Waals surface area contributed by atoms with E-state index in [-0.39, 0.29) is 12.1 Å². The van der Waals surface area contributed by atoms with Gasteiger partial charge in [0.25, 0.3) is 0 Å². The van der Waals surface area contributed by atoms with Crippen LogP contribution in [-0.4, -0.2) is 23.3 Å². The van der Waals surface area contributed by atoms with E-state index in [0.29, 0.717) is 11.2 Å². The Morgan fingerprint density at radius 2 is 1.75 bits per heavy atom. The molecule has 1 aliphatic heterocycles. The molecule has 1 saturated heterocycles. The lowest BCUT2D eigenvalue weighted by Crippen LogP contribution is -2.41. The lowest BCUT2D eigenvalue weighted by Gasteiger charge is -2.32. The molecule has 0 aliphatic carbocycles. The first kappa shape index (κ1) is 14.5. The maximum Gasteiger partial charge on any atom is 0.496 e. The predicted octanol–water partition coefficient (Wildman–Crippen LogP) is 1.32. The van der Waals surface area contributed by atoms with Crippen LogP contribution in [0.2, 0.25) is 0 Å². The third-order valence-electron chi connectivity index (χ3n) is 3.88. The van der Waals surface area contributed by atoms with Gasteiger partial charge in [-0.25, -0.2) is 4.98 Å². The SMILES string of the molecule is CC1(C)OB(c2ccc(C#N)nc2CC#N)OC1(C)C. The summed E-state index contributed by atoms with van der Waals surface area (Å²) in [6.45, 7) is 7.87. The minimum atomic E-state index is -0.566. The topological polar surface area (TPSA) is 78.9 Å². The van der Waals surface area contributed by atoms with Gasteiger partial charge >= 0.3 is 7.12 Å². The Morgan fingerprint density at radius 1 is 1.15 bits per heavy atom. The third kappa shape index (κ3) is 2.41. The van der Waals surface area contributed by atoms with Crippen LogP contribution in [-0.2, 0) is 15.7 Å². The van der Waals surface area contributed by atoms with Gasteiger partial charge in [0, 0.05) is 5.46 Å². The van der Waals surface area contributed by atoms with Crippen molar-refractivity contribution in [2.24, 2.45) is 0 Å². The minimum Gasteiger partial charge on any atom is -0.399 e. The Bertz CT molecular complexity index is 598. The van der Waals surface area contributed by atoms with Crippen molar-refractivity contribution in [1.29, 1.82) is 10.5 Å². The molecule has 1 aliphatic rings. The van der Waals surface area contributed by atoms with Crippen molar-refractivity contribution in [1.82, 2.24) is 4.98 Å². The molecular formula is C14H16BN3O2. The molecular weight excluding hydrogens is 253 g/mol. The van der Waals surface area contributed by atoms with Crippen LogP contribution >= 0.6 is 0 Å². The van der Waals surface area contributed by atoms with Crippen LogP contribution in [0.25, 0.3) is 0 Å².